The lowest BCUT2D eigenvalue weighted by molar-refractivity contribution is -0.137. The van der Waals surface area contributed by atoms with Crippen molar-refractivity contribution < 1.29 is 14.7 Å². The van der Waals surface area contributed by atoms with Gasteiger partial charge in [0.15, 0.2) is 0 Å². The zero-order valence-electron chi connectivity index (χ0n) is 8.49. The summed E-state index contributed by atoms with van der Waals surface area (Å²) in [6, 6.07) is -0.214. The van der Waals surface area contributed by atoms with E-state index in [-0.39, 0.29) is 24.5 Å². The Hall–Kier alpha value is -1.26. The van der Waals surface area contributed by atoms with Crippen LogP contribution in [-0.2, 0) is 4.79 Å². The Morgan fingerprint density at radius 1 is 1.79 bits per heavy atom. The second-order valence-corrected chi connectivity index (χ2v) is 3.65. The van der Waals surface area contributed by atoms with Gasteiger partial charge in [-0.05, 0) is 13.3 Å². The molecule has 0 aromatic heterocycles. The predicted octanol–water partition coefficient (Wildman–Crippen LogP) is 0.653. The van der Waals surface area contributed by atoms with Crippen LogP contribution in [0.4, 0.5) is 4.79 Å². The van der Waals surface area contributed by atoms with E-state index in [2.05, 4.69) is 5.32 Å². The van der Waals surface area contributed by atoms with E-state index in [0.717, 1.165) is 6.42 Å². The molecule has 0 spiro atoms. The number of urea groups is 1. The molecule has 1 aliphatic rings. The van der Waals surface area contributed by atoms with E-state index in [0.29, 0.717) is 6.54 Å². The van der Waals surface area contributed by atoms with E-state index in [9.17, 15) is 9.59 Å². The van der Waals surface area contributed by atoms with Crippen LogP contribution in [0.1, 0.15) is 26.7 Å². The Morgan fingerprint density at radius 3 is 2.86 bits per heavy atom. The minimum absolute atomic E-state index is 0.00382. The third-order valence-electron chi connectivity index (χ3n) is 2.50. The van der Waals surface area contributed by atoms with Crippen LogP contribution in [0.2, 0.25) is 0 Å². The maximum absolute atomic E-state index is 11.4. The molecule has 0 aromatic rings. The number of carboxylic acid groups (broad SMARTS) is 1. The first-order chi connectivity index (χ1) is 6.54. The number of carboxylic acids is 1. The number of rotatable bonds is 4. The van der Waals surface area contributed by atoms with Gasteiger partial charge < -0.3 is 15.3 Å². The summed E-state index contributed by atoms with van der Waals surface area (Å²) < 4.78 is 0. The normalized spacial score (nSPS) is 23.4. The van der Waals surface area contributed by atoms with Crippen molar-refractivity contribution in [2.24, 2.45) is 0 Å². The minimum Gasteiger partial charge on any atom is -0.481 e. The summed E-state index contributed by atoms with van der Waals surface area (Å²) in [6.45, 7) is 4.37. The number of nitrogens with zero attached hydrogens (tertiary/aromatic N) is 1. The van der Waals surface area contributed by atoms with Gasteiger partial charge in [-0.15, -0.1) is 0 Å². The molecule has 2 amide bonds. The zero-order valence-corrected chi connectivity index (χ0v) is 8.49. The highest BCUT2D eigenvalue weighted by atomic mass is 16.4. The number of carbonyl (C=O) groups excluding carboxylic acids is 1. The molecule has 0 bridgehead atoms. The van der Waals surface area contributed by atoms with Gasteiger partial charge in [-0.3, -0.25) is 4.79 Å². The fourth-order valence-corrected chi connectivity index (χ4v) is 1.60. The molecular formula is C9H16N2O3. The van der Waals surface area contributed by atoms with Crippen molar-refractivity contribution in [3.63, 3.8) is 0 Å². The molecule has 0 radical (unpaired) electrons. The average molecular weight is 200 g/mol. The lowest BCUT2D eigenvalue weighted by Gasteiger charge is -2.21. The lowest BCUT2D eigenvalue weighted by atomic mass is 10.2. The van der Waals surface area contributed by atoms with Crippen LogP contribution in [0.15, 0.2) is 0 Å². The van der Waals surface area contributed by atoms with Gasteiger partial charge in [-0.25, -0.2) is 4.79 Å². The van der Waals surface area contributed by atoms with Crippen LogP contribution in [0.25, 0.3) is 0 Å². The first kappa shape index (κ1) is 10.8. The third kappa shape index (κ3) is 2.37. The van der Waals surface area contributed by atoms with Crippen molar-refractivity contribution in [1.29, 1.82) is 0 Å². The molecule has 1 heterocycles. The Labute approximate surface area is 83.1 Å². The summed E-state index contributed by atoms with van der Waals surface area (Å²) in [5, 5.41) is 11.4. The van der Waals surface area contributed by atoms with E-state index < -0.39 is 5.97 Å². The van der Waals surface area contributed by atoms with Crippen molar-refractivity contribution in [3.8, 4) is 0 Å². The van der Waals surface area contributed by atoms with Crippen molar-refractivity contribution in [2.75, 3.05) is 6.54 Å². The molecular weight excluding hydrogens is 184 g/mol. The maximum Gasteiger partial charge on any atom is 0.318 e. The van der Waals surface area contributed by atoms with E-state index >= 15 is 0 Å². The smallest absolute Gasteiger partial charge is 0.318 e. The number of aliphatic carboxylic acids is 1. The summed E-state index contributed by atoms with van der Waals surface area (Å²) in [6.07, 6.45) is 0.881. The van der Waals surface area contributed by atoms with Gasteiger partial charge >= 0.3 is 12.0 Å². The molecule has 5 heteroatoms. The molecule has 2 N–H and O–H groups in total. The number of nitrogens with one attached hydrogen (secondary N) is 1. The van der Waals surface area contributed by atoms with E-state index in [1.807, 2.05) is 6.92 Å². The number of amides is 2. The molecule has 0 aliphatic carbocycles. The van der Waals surface area contributed by atoms with Gasteiger partial charge in [-0.1, -0.05) is 6.92 Å². The van der Waals surface area contributed by atoms with Gasteiger partial charge in [0.25, 0.3) is 0 Å². The lowest BCUT2D eigenvalue weighted by Crippen LogP contribution is -2.37. The number of hydrogen-bond donors (Lipinski definition) is 2. The summed E-state index contributed by atoms with van der Waals surface area (Å²) in [5.74, 6) is -0.870. The molecule has 80 valence electrons. The predicted molar refractivity (Wildman–Crippen MR) is 51.0 cm³/mol. The largest absolute Gasteiger partial charge is 0.481 e. The highest BCUT2D eigenvalue weighted by Gasteiger charge is 2.31. The Bertz CT molecular complexity index is 242. The number of hydrogen-bond acceptors (Lipinski definition) is 2. The van der Waals surface area contributed by atoms with Crippen molar-refractivity contribution >= 4 is 12.0 Å². The first-order valence-corrected chi connectivity index (χ1v) is 4.83. The molecule has 1 rings (SSSR count). The van der Waals surface area contributed by atoms with E-state index in [1.165, 1.54) is 0 Å². The summed E-state index contributed by atoms with van der Waals surface area (Å²) in [4.78, 5) is 23.4. The SMILES string of the molecule is CCC1CN(C(C)CC(=O)O)C(=O)N1. The van der Waals surface area contributed by atoms with Crippen LogP contribution in [0.3, 0.4) is 0 Å². The van der Waals surface area contributed by atoms with Gasteiger partial charge in [0.05, 0.1) is 6.42 Å². The summed E-state index contributed by atoms with van der Waals surface area (Å²) >= 11 is 0. The molecule has 5 nitrogen and oxygen atoms in total. The third-order valence-corrected chi connectivity index (χ3v) is 2.50. The van der Waals surface area contributed by atoms with Crippen LogP contribution >= 0.6 is 0 Å². The molecule has 1 aliphatic heterocycles. The summed E-state index contributed by atoms with van der Waals surface area (Å²) in [7, 11) is 0. The molecule has 2 atom stereocenters. The highest BCUT2D eigenvalue weighted by Crippen LogP contribution is 2.12. The second-order valence-electron chi connectivity index (χ2n) is 3.65. The Balaban J connectivity index is 2.52. The quantitative estimate of drug-likeness (QED) is 0.700. The monoisotopic (exact) mass is 200 g/mol. The van der Waals surface area contributed by atoms with Gasteiger partial charge in [0, 0.05) is 18.6 Å². The molecule has 2 unspecified atom stereocenters. The Morgan fingerprint density at radius 2 is 2.43 bits per heavy atom. The Kier molecular flexibility index (Phi) is 3.33. The molecule has 0 aromatic carbocycles. The summed E-state index contributed by atoms with van der Waals surface area (Å²) in [5.41, 5.74) is 0. The molecule has 14 heavy (non-hydrogen) atoms. The van der Waals surface area contributed by atoms with Crippen LogP contribution in [0.5, 0.6) is 0 Å². The van der Waals surface area contributed by atoms with Crippen molar-refractivity contribution in [3.05, 3.63) is 0 Å². The zero-order chi connectivity index (χ0) is 10.7. The first-order valence-electron chi connectivity index (χ1n) is 4.83. The van der Waals surface area contributed by atoms with Crippen LogP contribution in [-0.4, -0.2) is 40.6 Å². The van der Waals surface area contributed by atoms with Crippen LogP contribution < -0.4 is 5.32 Å². The minimum atomic E-state index is -0.870. The van der Waals surface area contributed by atoms with E-state index in [1.54, 1.807) is 11.8 Å². The fourth-order valence-electron chi connectivity index (χ4n) is 1.60. The topological polar surface area (TPSA) is 69.6 Å². The highest BCUT2D eigenvalue weighted by molar-refractivity contribution is 5.78. The fraction of sp³-hybridized carbons (Fsp3) is 0.778. The maximum atomic E-state index is 11.4. The standard InChI is InChI=1S/C9H16N2O3/c1-3-7-5-11(9(14)10-7)6(2)4-8(12)13/h6-7H,3-5H2,1-2H3,(H,10,14)(H,12,13). The van der Waals surface area contributed by atoms with Gasteiger partial charge in [0.2, 0.25) is 0 Å². The number of carbonyl (C=O) groups is 2. The van der Waals surface area contributed by atoms with Gasteiger partial charge in [-0.2, -0.15) is 0 Å². The van der Waals surface area contributed by atoms with Crippen molar-refractivity contribution in [1.82, 2.24) is 10.2 Å². The molecule has 0 saturated carbocycles. The molecule has 1 saturated heterocycles. The average Bonchev–Trinajstić information content (AvgIpc) is 2.45. The second kappa shape index (κ2) is 4.30. The van der Waals surface area contributed by atoms with Gasteiger partial charge in [0.1, 0.15) is 0 Å². The molecule has 1 fully saturated rings. The van der Waals surface area contributed by atoms with Crippen molar-refractivity contribution in [2.45, 2.75) is 38.8 Å². The van der Waals surface area contributed by atoms with Crippen LogP contribution in [0, 0.1) is 0 Å². The van der Waals surface area contributed by atoms with E-state index in [4.69, 9.17) is 5.11 Å².